The molecular weight excluding hydrogens is 424 g/mol. The standard InChI is InChI=1S/C22H17ClN2O4S/c1-29-20(26)13-25-21(27)19(30-22(25)28)10-15-12-24(18-9-5-3-7-16(15)18)11-14-6-2-4-8-17(14)23/h2-10,12H,11,13H2,1H3/b19-10-. The predicted octanol–water partition coefficient (Wildman–Crippen LogP) is 4.55. The lowest BCUT2D eigenvalue weighted by molar-refractivity contribution is -0.143. The molecule has 0 atom stereocenters. The first-order valence-electron chi connectivity index (χ1n) is 9.11. The highest BCUT2D eigenvalue weighted by molar-refractivity contribution is 8.18. The molecule has 0 radical (unpaired) electrons. The Hall–Kier alpha value is -3.03. The van der Waals surface area contributed by atoms with Gasteiger partial charge in [-0.15, -0.1) is 0 Å². The summed E-state index contributed by atoms with van der Waals surface area (Å²) in [6.07, 6.45) is 3.62. The summed E-state index contributed by atoms with van der Waals surface area (Å²) in [5, 5.41) is 1.14. The van der Waals surface area contributed by atoms with Crippen molar-refractivity contribution in [2.75, 3.05) is 13.7 Å². The van der Waals surface area contributed by atoms with Gasteiger partial charge in [-0.25, -0.2) is 0 Å². The molecule has 2 aromatic carbocycles. The smallest absolute Gasteiger partial charge is 0.325 e. The van der Waals surface area contributed by atoms with E-state index in [1.807, 2.05) is 54.7 Å². The van der Waals surface area contributed by atoms with Crippen LogP contribution >= 0.6 is 23.4 Å². The minimum absolute atomic E-state index is 0.268. The van der Waals surface area contributed by atoms with Crippen LogP contribution in [0.4, 0.5) is 4.79 Å². The number of hydrogen-bond acceptors (Lipinski definition) is 5. The van der Waals surface area contributed by atoms with Crippen molar-refractivity contribution in [3.63, 3.8) is 0 Å². The second-order valence-electron chi connectivity index (χ2n) is 6.66. The molecule has 30 heavy (non-hydrogen) atoms. The first kappa shape index (κ1) is 20.3. The SMILES string of the molecule is COC(=O)CN1C(=O)S/C(=C\c2cn(Cc3ccccc3Cl)c3ccccc23)C1=O. The molecule has 0 saturated carbocycles. The number of rotatable bonds is 5. The number of ether oxygens (including phenoxy) is 1. The Kier molecular flexibility index (Phi) is 5.65. The monoisotopic (exact) mass is 440 g/mol. The number of esters is 1. The summed E-state index contributed by atoms with van der Waals surface area (Å²) in [4.78, 5) is 37.5. The molecule has 1 aliphatic heterocycles. The van der Waals surface area contributed by atoms with E-state index in [0.29, 0.717) is 11.6 Å². The molecule has 1 aromatic heterocycles. The van der Waals surface area contributed by atoms with E-state index in [2.05, 4.69) is 9.30 Å². The van der Waals surface area contributed by atoms with E-state index in [9.17, 15) is 14.4 Å². The van der Waals surface area contributed by atoms with Crippen molar-refractivity contribution in [1.29, 1.82) is 0 Å². The van der Waals surface area contributed by atoms with Crippen LogP contribution in [0.1, 0.15) is 11.1 Å². The molecule has 152 valence electrons. The fraction of sp³-hybridized carbons (Fsp3) is 0.136. The quantitative estimate of drug-likeness (QED) is 0.430. The summed E-state index contributed by atoms with van der Waals surface area (Å²) in [7, 11) is 1.21. The Morgan fingerprint density at radius 1 is 1.13 bits per heavy atom. The average Bonchev–Trinajstić information content (AvgIpc) is 3.22. The molecule has 0 N–H and O–H groups in total. The van der Waals surface area contributed by atoms with Crippen LogP contribution in [0.15, 0.2) is 59.6 Å². The van der Waals surface area contributed by atoms with Crippen LogP contribution in [-0.2, 0) is 20.9 Å². The molecule has 1 aliphatic rings. The zero-order valence-corrected chi connectivity index (χ0v) is 17.6. The van der Waals surface area contributed by atoms with Crippen LogP contribution in [0.3, 0.4) is 0 Å². The maximum absolute atomic E-state index is 12.6. The van der Waals surface area contributed by atoms with E-state index >= 15 is 0 Å². The van der Waals surface area contributed by atoms with Crippen molar-refractivity contribution in [2.45, 2.75) is 6.54 Å². The van der Waals surface area contributed by atoms with Gasteiger partial charge in [0.15, 0.2) is 0 Å². The lowest BCUT2D eigenvalue weighted by Crippen LogP contribution is -2.34. The fourth-order valence-corrected chi connectivity index (χ4v) is 4.33. The Morgan fingerprint density at radius 2 is 1.87 bits per heavy atom. The molecule has 0 spiro atoms. The molecule has 0 unspecified atom stereocenters. The number of carbonyl (C=O) groups is 3. The summed E-state index contributed by atoms with van der Waals surface area (Å²) in [6.45, 7) is 0.171. The van der Waals surface area contributed by atoms with Gasteiger partial charge < -0.3 is 9.30 Å². The average molecular weight is 441 g/mol. The summed E-state index contributed by atoms with van der Waals surface area (Å²) < 4.78 is 6.62. The number of nitrogens with zero attached hydrogens (tertiary/aromatic N) is 2. The van der Waals surface area contributed by atoms with Gasteiger partial charge in [-0.2, -0.15) is 0 Å². The van der Waals surface area contributed by atoms with Crippen molar-refractivity contribution >= 4 is 57.5 Å². The first-order chi connectivity index (χ1) is 14.5. The van der Waals surface area contributed by atoms with Gasteiger partial charge >= 0.3 is 5.97 Å². The zero-order valence-electron chi connectivity index (χ0n) is 16.0. The Labute approximate surface area is 182 Å². The molecule has 8 heteroatoms. The van der Waals surface area contributed by atoms with Gasteiger partial charge in [0.05, 0.1) is 12.0 Å². The van der Waals surface area contributed by atoms with Gasteiger partial charge in [0, 0.05) is 34.2 Å². The lowest BCUT2D eigenvalue weighted by Gasteiger charge is -2.09. The number of amides is 2. The summed E-state index contributed by atoms with van der Waals surface area (Å²) in [5.74, 6) is -1.15. The van der Waals surface area contributed by atoms with Gasteiger partial charge in [-0.3, -0.25) is 19.3 Å². The molecular formula is C22H17ClN2O4S. The van der Waals surface area contributed by atoms with Crippen molar-refractivity contribution in [1.82, 2.24) is 9.47 Å². The predicted molar refractivity (Wildman–Crippen MR) is 117 cm³/mol. The third-order valence-electron chi connectivity index (χ3n) is 4.79. The third-order valence-corrected chi connectivity index (χ3v) is 6.07. The second-order valence-corrected chi connectivity index (χ2v) is 8.07. The number of methoxy groups -OCH3 is 1. The molecule has 0 aliphatic carbocycles. The van der Waals surface area contributed by atoms with Crippen LogP contribution in [-0.4, -0.2) is 40.2 Å². The Morgan fingerprint density at radius 3 is 2.63 bits per heavy atom. The zero-order chi connectivity index (χ0) is 21.3. The molecule has 2 amide bonds. The normalized spacial score (nSPS) is 15.4. The maximum atomic E-state index is 12.6. The molecule has 6 nitrogen and oxygen atoms in total. The number of fused-ring (bicyclic) bond motifs is 1. The minimum atomic E-state index is -0.644. The number of halogens is 1. The molecule has 1 saturated heterocycles. The van der Waals surface area contributed by atoms with Crippen molar-refractivity contribution in [2.24, 2.45) is 0 Å². The molecule has 4 rings (SSSR count). The van der Waals surface area contributed by atoms with Crippen molar-refractivity contribution in [3.8, 4) is 0 Å². The van der Waals surface area contributed by atoms with Crippen molar-refractivity contribution < 1.29 is 19.1 Å². The highest BCUT2D eigenvalue weighted by atomic mass is 35.5. The van der Waals surface area contributed by atoms with Crippen LogP contribution in [0.2, 0.25) is 5.02 Å². The van der Waals surface area contributed by atoms with Gasteiger partial charge in [-0.1, -0.05) is 48.0 Å². The van der Waals surface area contributed by atoms with E-state index in [0.717, 1.165) is 38.7 Å². The van der Waals surface area contributed by atoms with Crippen molar-refractivity contribution in [3.05, 3.63) is 75.8 Å². The van der Waals surface area contributed by atoms with Crippen LogP contribution in [0, 0.1) is 0 Å². The van der Waals surface area contributed by atoms with E-state index in [1.54, 1.807) is 6.08 Å². The highest BCUT2D eigenvalue weighted by Crippen LogP contribution is 2.34. The number of para-hydroxylation sites is 1. The van der Waals surface area contributed by atoms with Gasteiger partial charge in [0.25, 0.3) is 11.1 Å². The van der Waals surface area contributed by atoms with Gasteiger partial charge in [0.2, 0.25) is 0 Å². The fourth-order valence-electron chi connectivity index (χ4n) is 3.30. The molecule has 0 bridgehead atoms. The number of aromatic nitrogens is 1. The topological polar surface area (TPSA) is 68.6 Å². The minimum Gasteiger partial charge on any atom is -0.468 e. The van der Waals surface area contributed by atoms with Crippen LogP contribution in [0.5, 0.6) is 0 Å². The lowest BCUT2D eigenvalue weighted by atomic mass is 10.1. The van der Waals surface area contributed by atoms with E-state index in [1.165, 1.54) is 7.11 Å². The molecule has 3 aromatic rings. The largest absolute Gasteiger partial charge is 0.468 e. The number of imide groups is 1. The van der Waals surface area contributed by atoms with Gasteiger partial charge in [0.1, 0.15) is 6.54 Å². The number of thioether (sulfide) groups is 1. The summed E-state index contributed by atoms with van der Waals surface area (Å²) in [5.41, 5.74) is 2.77. The molecule has 2 heterocycles. The number of hydrogen-bond donors (Lipinski definition) is 0. The second kappa shape index (κ2) is 8.38. The highest BCUT2D eigenvalue weighted by Gasteiger charge is 2.36. The van der Waals surface area contributed by atoms with E-state index in [-0.39, 0.29) is 4.91 Å². The Bertz CT molecular complexity index is 1200. The number of carbonyl (C=O) groups excluding carboxylic acids is 3. The Balaban J connectivity index is 1.70. The van der Waals surface area contributed by atoms with E-state index < -0.39 is 23.7 Å². The third kappa shape index (κ3) is 3.86. The first-order valence-corrected chi connectivity index (χ1v) is 10.3. The number of benzene rings is 2. The van der Waals surface area contributed by atoms with Crippen LogP contribution in [0.25, 0.3) is 17.0 Å². The van der Waals surface area contributed by atoms with Crippen LogP contribution < -0.4 is 0 Å². The van der Waals surface area contributed by atoms with Gasteiger partial charge in [-0.05, 0) is 35.5 Å². The molecule has 1 fully saturated rings. The van der Waals surface area contributed by atoms with E-state index in [4.69, 9.17) is 11.6 Å². The summed E-state index contributed by atoms with van der Waals surface area (Å²) in [6, 6.07) is 15.5. The maximum Gasteiger partial charge on any atom is 0.325 e. The summed E-state index contributed by atoms with van der Waals surface area (Å²) >= 11 is 7.13.